The van der Waals surface area contributed by atoms with E-state index in [1.165, 1.54) is 11.8 Å². The Hall–Kier alpha value is -1.94. The number of ether oxygens (including phenoxy) is 1. The molecule has 2 aromatic rings. The zero-order valence-corrected chi connectivity index (χ0v) is 17.3. The first-order valence-corrected chi connectivity index (χ1v) is 10.7. The highest BCUT2D eigenvalue weighted by Gasteiger charge is 2.10. The Balaban J connectivity index is 1.31. The molecule has 0 aliphatic carbocycles. The molecule has 9 heteroatoms. The smallest absolute Gasteiger partial charge is 0.248 e. The van der Waals surface area contributed by atoms with Crippen LogP contribution in [0.2, 0.25) is 0 Å². The zero-order valence-electron chi connectivity index (χ0n) is 15.6. The normalized spacial score (nSPS) is 14.6. The Morgan fingerprint density at radius 1 is 1.21 bits per heavy atom. The predicted octanol–water partition coefficient (Wildman–Crippen LogP) is 1.54. The van der Waals surface area contributed by atoms with Crippen molar-refractivity contribution in [3.05, 3.63) is 36.5 Å². The molecule has 1 aromatic heterocycles. The van der Waals surface area contributed by atoms with Crippen molar-refractivity contribution in [2.45, 2.75) is 11.3 Å². The molecule has 2 heterocycles. The van der Waals surface area contributed by atoms with Gasteiger partial charge in [0.15, 0.2) is 5.11 Å². The Morgan fingerprint density at radius 3 is 2.89 bits per heavy atom. The van der Waals surface area contributed by atoms with Gasteiger partial charge in [-0.2, -0.15) is 0 Å². The second-order valence-corrected chi connectivity index (χ2v) is 7.78. The number of fused-ring (bicyclic) bond motifs is 1. The van der Waals surface area contributed by atoms with E-state index in [1.807, 2.05) is 30.3 Å². The molecule has 1 saturated heterocycles. The number of rotatable bonds is 7. The van der Waals surface area contributed by atoms with Crippen LogP contribution in [0.3, 0.4) is 0 Å². The third-order valence-electron chi connectivity index (χ3n) is 4.31. The number of hydrogen-bond donors (Lipinski definition) is 3. The van der Waals surface area contributed by atoms with Crippen LogP contribution in [-0.2, 0) is 9.53 Å². The van der Waals surface area contributed by atoms with E-state index in [-0.39, 0.29) is 11.7 Å². The van der Waals surface area contributed by atoms with Crippen LogP contribution in [-0.4, -0.2) is 66.0 Å². The van der Waals surface area contributed by atoms with E-state index in [1.54, 1.807) is 6.20 Å². The Morgan fingerprint density at radius 2 is 2.04 bits per heavy atom. The lowest BCUT2D eigenvalue weighted by atomic mass is 10.2. The summed E-state index contributed by atoms with van der Waals surface area (Å²) in [4.78, 5) is 19.8. The van der Waals surface area contributed by atoms with Crippen molar-refractivity contribution in [3.8, 4) is 0 Å². The maximum Gasteiger partial charge on any atom is 0.248 e. The maximum absolute atomic E-state index is 12.1. The van der Waals surface area contributed by atoms with E-state index in [9.17, 15) is 4.79 Å². The van der Waals surface area contributed by atoms with Crippen LogP contribution in [0.1, 0.15) is 6.42 Å². The van der Waals surface area contributed by atoms with Crippen LogP contribution in [0, 0.1) is 0 Å². The molecule has 1 fully saturated rings. The highest BCUT2D eigenvalue weighted by atomic mass is 32.2. The molecule has 1 amide bonds. The number of pyridine rings is 1. The van der Waals surface area contributed by atoms with Gasteiger partial charge in [0, 0.05) is 36.1 Å². The summed E-state index contributed by atoms with van der Waals surface area (Å²) in [5.74, 6) is 0.137. The number of thiocarbonyl (C=S) groups is 1. The van der Waals surface area contributed by atoms with Crippen LogP contribution in [0.25, 0.3) is 10.9 Å². The first-order chi connectivity index (χ1) is 13.7. The fourth-order valence-corrected chi connectivity index (χ4v) is 3.87. The van der Waals surface area contributed by atoms with Crippen molar-refractivity contribution in [1.29, 1.82) is 0 Å². The van der Waals surface area contributed by atoms with Gasteiger partial charge in [0.05, 0.1) is 24.5 Å². The number of hydrogen-bond acceptors (Lipinski definition) is 6. The second-order valence-electron chi connectivity index (χ2n) is 6.36. The molecule has 0 bridgehead atoms. The average Bonchev–Trinajstić information content (AvgIpc) is 2.74. The van der Waals surface area contributed by atoms with Crippen molar-refractivity contribution in [2.24, 2.45) is 0 Å². The molecular formula is C19H25N5O2S2. The van der Waals surface area contributed by atoms with Crippen LogP contribution in [0.15, 0.2) is 41.4 Å². The van der Waals surface area contributed by atoms with E-state index in [0.717, 1.165) is 61.6 Å². The summed E-state index contributed by atoms with van der Waals surface area (Å²) in [7, 11) is 0. The average molecular weight is 420 g/mol. The minimum absolute atomic E-state index is 0.143. The van der Waals surface area contributed by atoms with Gasteiger partial charge in [0.1, 0.15) is 0 Å². The molecule has 0 saturated carbocycles. The minimum atomic E-state index is -0.143. The number of amides is 1. The van der Waals surface area contributed by atoms with Crippen molar-refractivity contribution in [2.75, 3.05) is 45.1 Å². The lowest BCUT2D eigenvalue weighted by Crippen LogP contribution is -2.48. The SMILES string of the molecule is O=C(CSc1cccc2cccnc12)NNC(=S)NCCCN1CCOCC1. The molecule has 1 aliphatic heterocycles. The van der Waals surface area contributed by atoms with Gasteiger partial charge >= 0.3 is 0 Å². The van der Waals surface area contributed by atoms with Crippen LogP contribution in [0.4, 0.5) is 0 Å². The van der Waals surface area contributed by atoms with E-state index in [4.69, 9.17) is 17.0 Å². The summed E-state index contributed by atoms with van der Waals surface area (Å²) < 4.78 is 5.33. The van der Waals surface area contributed by atoms with Crippen LogP contribution in [0.5, 0.6) is 0 Å². The van der Waals surface area contributed by atoms with E-state index in [0.29, 0.717) is 5.11 Å². The third kappa shape index (κ3) is 6.59. The lowest BCUT2D eigenvalue weighted by Gasteiger charge is -2.26. The fraction of sp³-hybridized carbons (Fsp3) is 0.421. The van der Waals surface area contributed by atoms with Gasteiger partial charge in [-0.25, -0.2) is 0 Å². The first kappa shape index (κ1) is 20.8. The number of nitrogens with zero attached hydrogens (tertiary/aromatic N) is 2. The van der Waals surface area contributed by atoms with Crippen LogP contribution >= 0.6 is 24.0 Å². The summed E-state index contributed by atoms with van der Waals surface area (Å²) in [6.07, 6.45) is 2.75. The summed E-state index contributed by atoms with van der Waals surface area (Å²) in [5.41, 5.74) is 6.29. The highest BCUT2D eigenvalue weighted by molar-refractivity contribution is 8.00. The molecule has 3 N–H and O–H groups in total. The molecule has 0 atom stereocenters. The maximum atomic E-state index is 12.1. The van der Waals surface area contributed by atoms with Gasteiger partial charge < -0.3 is 10.1 Å². The molecule has 0 unspecified atom stereocenters. The molecule has 3 rings (SSSR count). The summed E-state index contributed by atoms with van der Waals surface area (Å²) in [6, 6.07) is 9.87. The number of hydrazine groups is 1. The minimum Gasteiger partial charge on any atom is -0.379 e. The van der Waals surface area contributed by atoms with Gasteiger partial charge in [-0.3, -0.25) is 25.5 Å². The Kier molecular flexibility index (Phi) is 8.28. The van der Waals surface area contributed by atoms with Gasteiger partial charge in [0.2, 0.25) is 5.91 Å². The van der Waals surface area contributed by atoms with E-state index in [2.05, 4.69) is 26.1 Å². The molecule has 150 valence electrons. The quantitative estimate of drug-likeness (QED) is 0.270. The summed E-state index contributed by atoms with van der Waals surface area (Å²) in [6.45, 7) is 5.38. The number of para-hydroxylation sites is 1. The molecule has 1 aromatic carbocycles. The van der Waals surface area contributed by atoms with Crippen molar-refractivity contribution >= 4 is 45.9 Å². The van der Waals surface area contributed by atoms with Crippen molar-refractivity contribution in [1.82, 2.24) is 26.1 Å². The number of aromatic nitrogens is 1. The number of morpholine rings is 1. The van der Waals surface area contributed by atoms with Gasteiger partial charge in [0.25, 0.3) is 0 Å². The topological polar surface area (TPSA) is 78.5 Å². The third-order valence-corrected chi connectivity index (χ3v) is 5.60. The molecule has 28 heavy (non-hydrogen) atoms. The van der Waals surface area contributed by atoms with E-state index >= 15 is 0 Å². The number of thioether (sulfide) groups is 1. The number of carbonyl (C=O) groups excluding carboxylic acids is 1. The highest BCUT2D eigenvalue weighted by Crippen LogP contribution is 2.25. The van der Waals surface area contributed by atoms with Crippen molar-refractivity contribution < 1.29 is 9.53 Å². The molecular weight excluding hydrogens is 394 g/mol. The monoisotopic (exact) mass is 419 g/mol. The lowest BCUT2D eigenvalue weighted by molar-refractivity contribution is -0.119. The predicted molar refractivity (Wildman–Crippen MR) is 116 cm³/mol. The zero-order chi connectivity index (χ0) is 19.6. The largest absolute Gasteiger partial charge is 0.379 e. The number of nitrogens with one attached hydrogen (secondary N) is 3. The van der Waals surface area contributed by atoms with Gasteiger partial charge in [-0.1, -0.05) is 18.2 Å². The first-order valence-electron chi connectivity index (χ1n) is 9.32. The number of benzene rings is 1. The van der Waals surface area contributed by atoms with Crippen molar-refractivity contribution in [3.63, 3.8) is 0 Å². The summed E-state index contributed by atoms with van der Waals surface area (Å²) in [5, 5.41) is 4.59. The molecule has 0 spiro atoms. The van der Waals surface area contributed by atoms with Crippen LogP contribution < -0.4 is 16.2 Å². The fourth-order valence-electron chi connectivity index (χ4n) is 2.87. The van der Waals surface area contributed by atoms with Gasteiger partial charge in [-0.15, -0.1) is 11.8 Å². The second kappa shape index (κ2) is 11.2. The standard InChI is InChI=1S/C19H25N5O2S2/c25-17(14-28-16-6-1-4-15-5-2-7-20-18(15)16)22-23-19(27)21-8-3-9-24-10-12-26-13-11-24/h1-2,4-7H,3,8-14H2,(H,22,25)(H2,21,23,27). The molecule has 1 aliphatic rings. The Labute approximate surface area is 174 Å². The van der Waals surface area contributed by atoms with E-state index < -0.39 is 0 Å². The van der Waals surface area contributed by atoms with Gasteiger partial charge in [-0.05, 0) is 37.3 Å². The molecule has 7 nitrogen and oxygen atoms in total. The Bertz CT molecular complexity index is 793. The summed E-state index contributed by atoms with van der Waals surface area (Å²) >= 11 is 6.65. The molecule has 0 radical (unpaired) electrons. The number of carbonyl (C=O) groups is 1.